The summed E-state index contributed by atoms with van der Waals surface area (Å²) in [6.07, 6.45) is 2.14. The molecule has 0 atom stereocenters. The summed E-state index contributed by atoms with van der Waals surface area (Å²) in [5.41, 5.74) is 0.983. The van der Waals surface area contributed by atoms with E-state index in [4.69, 9.17) is 0 Å². The Labute approximate surface area is 143 Å². The quantitative estimate of drug-likeness (QED) is 0.810. The minimum absolute atomic E-state index is 0.00929. The van der Waals surface area contributed by atoms with E-state index in [1.165, 1.54) is 0 Å². The molecule has 2 rings (SSSR count). The van der Waals surface area contributed by atoms with Crippen LogP contribution in [0.3, 0.4) is 0 Å². The highest BCUT2D eigenvalue weighted by atomic mass is 16.2. The summed E-state index contributed by atoms with van der Waals surface area (Å²) in [6, 6.07) is 14.0. The van der Waals surface area contributed by atoms with Crippen LogP contribution in [0.4, 0.5) is 0 Å². The first-order valence-corrected chi connectivity index (χ1v) is 8.66. The second-order valence-corrected chi connectivity index (χ2v) is 5.97. The Balaban J connectivity index is 1.94. The first kappa shape index (κ1) is 18.0. The molecule has 0 heterocycles. The van der Waals surface area contributed by atoms with Crippen LogP contribution >= 0.6 is 0 Å². The molecule has 2 aromatic rings. The molecule has 0 spiro atoms. The lowest BCUT2D eigenvalue weighted by Gasteiger charge is -2.21. The Morgan fingerprint density at radius 1 is 0.958 bits per heavy atom. The van der Waals surface area contributed by atoms with Crippen LogP contribution in [0.25, 0.3) is 10.8 Å². The van der Waals surface area contributed by atoms with Crippen LogP contribution in [0.5, 0.6) is 0 Å². The number of carbonyl (C=O) groups excluding carboxylic acids is 2. The molecule has 4 heteroatoms. The summed E-state index contributed by atoms with van der Waals surface area (Å²) < 4.78 is 0. The molecule has 2 aromatic carbocycles. The van der Waals surface area contributed by atoms with E-state index in [0.717, 1.165) is 42.3 Å². The van der Waals surface area contributed by atoms with Crippen molar-refractivity contribution in [2.24, 2.45) is 0 Å². The van der Waals surface area contributed by atoms with Crippen molar-refractivity contribution in [3.8, 4) is 0 Å². The fraction of sp³-hybridized carbons (Fsp3) is 0.400. The third kappa shape index (κ3) is 4.82. The van der Waals surface area contributed by atoms with Gasteiger partial charge < -0.3 is 10.2 Å². The number of amides is 2. The molecule has 0 fully saturated rings. The molecule has 0 saturated carbocycles. The molecule has 128 valence electrons. The standard InChI is InChI=1S/C20H26N2O2/c1-3-12-22(13-4-2)20(24)15-21-19(23)14-17-10-7-9-16-8-5-6-11-18(16)17/h5-11H,3-4,12-15H2,1-2H3,(H,21,23). The van der Waals surface area contributed by atoms with E-state index in [2.05, 4.69) is 19.2 Å². The average Bonchev–Trinajstić information content (AvgIpc) is 2.60. The van der Waals surface area contributed by atoms with Crippen molar-refractivity contribution in [3.63, 3.8) is 0 Å². The van der Waals surface area contributed by atoms with E-state index in [1.807, 2.05) is 47.4 Å². The number of rotatable bonds is 8. The summed E-state index contributed by atoms with van der Waals surface area (Å²) >= 11 is 0. The van der Waals surface area contributed by atoms with Crippen molar-refractivity contribution in [2.45, 2.75) is 33.1 Å². The normalized spacial score (nSPS) is 10.6. The zero-order chi connectivity index (χ0) is 17.4. The van der Waals surface area contributed by atoms with Crippen LogP contribution in [0.1, 0.15) is 32.3 Å². The molecule has 1 N–H and O–H groups in total. The van der Waals surface area contributed by atoms with Crippen LogP contribution in [0.15, 0.2) is 42.5 Å². The van der Waals surface area contributed by atoms with Gasteiger partial charge in [-0.1, -0.05) is 56.3 Å². The lowest BCUT2D eigenvalue weighted by Crippen LogP contribution is -2.41. The lowest BCUT2D eigenvalue weighted by molar-refractivity contribution is -0.132. The van der Waals surface area contributed by atoms with Gasteiger partial charge in [0.05, 0.1) is 13.0 Å². The van der Waals surface area contributed by atoms with Crippen molar-refractivity contribution in [1.82, 2.24) is 10.2 Å². The van der Waals surface area contributed by atoms with E-state index in [9.17, 15) is 9.59 Å². The van der Waals surface area contributed by atoms with Crippen LogP contribution < -0.4 is 5.32 Å². The molecule has 0 aliphatic carbocycles. The van der Waals surface area contributed by atoms with Gasteiger partial charge in [0.1, 0.15) is 0 Å². The Morgan fingerprint density at radius 2 is 1.62 bits per heavy atom. The molecule has 2 amide bonds. The molecule has 0 aliphatic rings. The smallest absolute Gasteiger partial charge is 0.241 e. The number of nitrogens with one attached hydrogen (secondary N) is 1. The lowest BCUT2D eigenvalue weighted by atomic mass is 10.0. The van der Waals surface area contributed by atoms with Crippen LogP contribution in [0, 0.1) is 0 Å². The highest BCUT2D eigenvalue weighted by Crippen LogP contribution is 2.18. The second kappa shape index (κ2) is 9.06. The minimum Gasteiger partial charge on any atom is -0.347 e. The van der Waals surface area contributed by atoms with Gasteiger partial charge in [0, 0.05) is 13.1 Å². The minimum atomic E-state index is -0.118. The summed E-state index contributed by atoms with van der Waals surface area (Å²) in [6.45, 7) is 5.66. The Hall–Kier alpha value is -2.36. The summed E-state index contributed by atoms with van der Waals surface area (Å²) in [4.78, 5) is 26.2. The van der Waals surface area contributed by atoms with Crippen LogP contribution in [-0.2, 0) is 16.0 Å². The molecular formula is C20H26N2O2. The Bertz CT molecular complexity index is 686. The van der Waals surface area contributed by atoms with Gasteiger partial charge in [0.2, 0.25) is 11.8 Å². The zero-order valence-corrected chi connectivity index (χ0v) is 14.5. The molecule has 0 aromatic heterocycles. The molecule has 0 aliphatic heterocycles. The van der Waals surface area contributed by atoms with E-state index in [-0.39, 0.29) is 24.8 Å². The SMILES string of the molecule is CCCN(CCC)C(=O)CNC(=O)Cc1cccc2ccccc12. The first-order chi connectivity index (χ1) is 11.7. The van der Waals surface area contributed by atoms with Crippen LogP contribution in [0.2, 0.25) is 0 Å². The average molecular weight is 326 g/mol. The third-order valence-corrected chi connectivity index (χ3v) is 4.01. The fourth-order valence-electron chi connectivity index (χ4n) is 2.87. The van der Waals surface area contributed by atoms with Gasteiger partial charge >= 0.3 is 0 Å². The van der Waals surface area contributed by atoms with Gasteiger partial charge in [0.15, 0.2) is 0 Å². The predicted octanol–water partition coefficient (Wildman–Crippen LogP) is 3.15. The van der Waals surface area contributed by atoms with Crippen molar-refractivity contribution >= 4 is 22.6 Å². The van der Waals surface area contributed by atoms with Gasteiger partial charge in [-0.2, -0.15) is 0 Å². The first-order valence-electron chi connectivity index (χ1n) is 8.66. The van der Waals surface area contributed by atoms with E-state index in [0.29, 0.717) is 0 Å². The maximum atomic E-state index is 12.2. The van der Waals surface area contributed by atoms with E-state index < -0.39 is 0 Å². The summed E-state index contributed by atoms with van der Waals surface area (Å²) in [7, 11) is 0. The second-order valence-electron chi connectivity index (χ2n) is 5.97. The van der Waals surface area contributed by atoms with Gasteiger partial charge in [-0.25, -0.2) is 0 Å². The summed E-state index contributed by atoms with van der Waals surface area (Å²) in [5.74, 6) is -0.127. The summed E-state index contributed by atoms with van der Waals surface area (Å²) in [5, 5.41) is 4.97. The van der Waals surface area contributed by atoms with Gasteiger partial charge in [-0.3, -0.25) is 9.59 Å². The predicted molar refractivity (Wildman–Crippen MR) is 97.8 cm³/mol. The van der Waals surface area contributed by atoms with E-state index in [1.54, 1.807) is 0 Å². The molecule has 0 radical (unpaired) electrons. The number of benzene rings is 2. The fourth-order valence-corrected chi connectivity index (χ4v) is 2.87. The van der Waals surface area contributed by atoms with Gasteiger partial charge in [-0.05, 0) is 29.2 Å². The molecule has 0 bridgehead atoms. The monoisotopic (exact) mass is 326 g/mol. The maximum Gasteiger partial charge on any atom is 0.241 e. The van der Waals surface area contributed by atoms with Crippen molar-refractivity contribution in [1.29, 1.82) is 0 Å². The largest absolute Gasteiger partial charge is 0.347 e. The van der Waals surface area contributed by atoms with Crippen molar-refractivity contribution in [2.75, 3.05) is 19.6 Å². The van der Waals surface area contributed by atoms with Gasteiger partial charge in [-0.15, -0.1) is 0 Å². The highest BCUT2D eigenvalue weighted by Gasteiger charge is 2.13. The van der Waals surface area contributed by atoms with E-state index >= 15 is 0 Å². The zero-order valence-electron chi connectivity index (χ0n) is 14.5. The number of hydrogen-bond donors (Lipinski definition) is 1. The maximum absolute atomic E-state index is 12.2. The van der Waals surface area contributed by atoms with Crippen molar-refractivity contribution < 1.29 is 9.59 Å². The number of nitrogens with zero attached hydrogens (tertiary/aromatic N) is 1. The van der Waals surface area contributed by atoms with Gasteiger partial charge in [0.25, 0.3) is 0 Å². The molecule has 4 nitrogen and oxygen atoms in total. The highest BCUT2D eigenvalue weighted by molar-refractivity contribution is 5.91. The molecular weight excluding hydrogens is 300 g/mol. The topological polar surface area (TPSA) is 49.4 Å². The molecule has 0 unspecified atom stereocenters. The Kier molecular flexibility index (Phi) is 6.79. The molecule has 0 saturated heterocycles. The Morgan fingerprint density at radius 3 is 2.33 bits per heavy atom. The number of hydrogen-bond acceptors (Lipinski definition) is 2. The number of carbonyl (C=O) groups is 2. The van der Waals surface area contributed by atoms with Crippen molar-refractivity contribution in [3.05, 3.63) is 48.0 Å². The van der Waals surface area contributed by atoms with Crippen LogP contribution in [-0.4, -0.2) is 36.3 Å². The molecule has 24 heavy (non-hydrogen) atoms. The third-order valence-electron chi connectivity index (χ3n) is 4.01. The number of fused-ring (bicyclic) bond motifs is 1.